The van der Waals surface area contributed by atoms with E-state index >= 15 is 0 Å². The molecule has 18 heavy (non-hydrogen) atoms. The lowest BCUT2D eigenvalue weighted by Gasteiger charge is -2.19. The minimum atomic E-state index is -0.297. The molecule has 0 atom stereocenters. The van der Waals surface area contributed by atoms with Crippen LogP contribution in [0.5, 0.6) is 0 Å². The fraction of sp³-hybridized carbons (Fsp3) is 0.364. The van der Waals surface area contributed by atoms with E-state index in [1.807, 2.05) is 0 Å². The largest absolute Gasteiger partial charge is 0.397 e. The molecular formula is C11H13ClN4O2. The number of aromatic nitrogens is 1. The van der Waals surface area contributed by atoms with Crippen LogP contribution in [0.1, 0.15) is 16.8 Å². The van der Waals surface area contributed by atoms with Gasteiger partial charge >= 0.3 is 0 Å². The minimum absolute atomic E-state index is 0.0399. The molecule has 0 aromatic carbocycles. The van der Waals surface area contributed by atoms with Gasteiger partial charge < -0.3 is 16.0 Å². The highest BCUT2D eigenvalue weighted by Crippen LogP contribution is 2.17. The molecule has 2 rings (SSSR count). The Balaban J connectivity index is 2.24. The van der Waals surface area contributed by atoms with Gasteiger partial charge in [0.15, 0.2) is 0 Å². The molecule has 7 heteroatoms. The Labute approximate surface area is 109 Å². The van der Waals surface area contributed by atoms with Crippen LogP contribution in [-0.2, 0) is 4.79 Å². The lowest BCUT2D eigenvalue weighted by atomic mass is 10.2. The normalized spacial score (nSPS) is 16.1. The number of hydrogen-bond donors (Lipinski definition) is 2. The second kappa shape index (κ2) is 5.22. The molecule has 0 saturated carbocycles. The van der Waals surface area contributed by atoms with Crippen molar-refractivity contribution in [3.05, 3.63) is 23.0 Å². The molecule has 1 aliphatic rings. The summed E-state index contributed by atoms with van der Waals surface area (Å²) in [7, 11) is 0. The van der Waals surface area contributed by atoms with Crippen molar-refractivity contribution in [1.29, 1.82) is 0 Å². The average Bonchev–Trinajstić information content (AvgIpc) is 2.56. The SMILES string of the molecule is Nc1cnc(Cl)cc1C(=O)N1CCCNC(=O)C1. The molecule has 6 nitrogen and oxygen atoms in total. The summed E-state index contributed by atoms with van der Waals surface area (Å²) in [6.45, 7) is 1.13. The molecule has 0 bridgehead atoms. The van der Waals surface area contributed by atoms with E-state index in [4.69, 9.17) is 17.3 Å². The second-order valence-electron chi connectivity index (χ2n) is 4.02. The third kappa shape index (κ3) is 2.70. The second-order valence-corrected chi connectivity index (χ2v) is 4.41. The van der Waals surface area contributed by atoms with Gasteiger partial charge in [-0.1, -0.05) is 11.6 Å². The van der Waals surface area contributed by atoms with Gasteiger partial charge in [-0.3, -0.25) is 9.59 Å². The number of carbonyl (C=O) groups is 2. The van der Waals surface area contributed by atoms with Crippen LogP contribution in [0.4, 0.5) is 5.69 Å². The number of halogens is 1. The first-order valence-corrected chi connectivity index (χ1v) is 5.92. The van der Waals surface area contributed by atoms with Gasteiger partial charge in [-0.2, -0.15) is 0 Å². The molecule has 1 fully saturated rings. The van der Waals surface area contributed by atoms with E-state index in [-0.39, 0.29) is 34.8 Å². The molecule has 2 heterocycles. The fourth-order valence-electron chi connectivity index (χ4n) is 1.78. The van der Waals surface area contributed by atoms with E-state index in [1.165, 1.54) is 17.2 Å². The zero-order chi connectivity index (χ0) is 13.1. The highest BCUT2D eigenvalue weighted by Gasteiger charge is 2.22. The maximum absolute atomic E-state index is 12.3. The number of pyridine rings is 1. The van der Waals surface area contributed by atoms with Crippen molar-refractivity contribution >= 4 is 29.1 Å². The summed E-state index contributed by atoms with van der Waals surface area (Å²) in [5.41, 5.74) is 6.24. The van der Waals surface area contributed by atoms with E-state index in [1.54, 1.807) is 0 Å². The van der Waals surface area contributed by atoms with Crippen LogP contribution in [-0.4, -0.2) is 41.3 Å². The van der Waals surface area contributed by atoms with Crippen LogP contribution in [0, 0.1) is 0 Å². The van der Waals surface area contributed by atoms with Crippen LogP contribution in [0.15, 0.2) is 12.3 Å². The first-order chi connectivity index (χ1) is 8.58. The van der Waals surface area contributed by atoms with Crippen molar-refractivity contribution in [2.75, 3.05) is 25.4 Å². The van der Waals surface area contributed by atoms with Crippen molar-refractivity contribution in [1.82, 2.24) is 15.2 Å². The molecule has 0 unspecified atom stereocenters. The minimum Gasteiger partial charge on any atom is -0.397 e. The maximum Gasteiger partial charge on any atom is 0.256 e. The zero-order valence-electron chi connectivity index (χ0n) is 9.65. The predicted molar refractivity (Wildman–Crippen MR) is 67.2 cm³/mol. The first-order valence-electron chi connectivity index (χ1n) is 5.55. The molecule has 0 spiro atoms. The van der Waals surface area contributed by atoms with E-state index in [9.17, 15) is 9.59 Å². The third-order valence-electron chi connectivity index (χ3n) is 2.68. The molecule has 1 aromatic heterocycles. The number of carbonyl (C=O) groups excluding carboxylic acids is 2. The molecule has 2 amide bonds. The number of anilines is 1. The molecular weight excluding hydrogens is 256 g/mol. The van der Waals surface area contributed by atoms with Gasteiger partial charge in [0.2, 0.25) is 5.91 Å². The Hall–Kier alpha value is -1.82. The van der Waals surface area contributed by atoms with E-state index < -0.39 is 0 Å². The van der Waals surface area contributed by atoms with Gasteiger partial charge in [0, 0.05) is 13.1 Å². The highest BCUT2D eigenvalue weighted by molar-refractivity contribution is 6.29. The molecule has 0 aliphatic carbocycles. The standard InChI is InChI=1S/C11H13ClN4O2/c12-9-4-7(8(13)5-15-9)11(18)16-3-1-2-14-10(17)6-16/h4-5H,1-3,6,13H2,(H,14,17). The van der Waals surface area contributed by atoms with E-state index in [0.717, 1.165) is 6.42 Å². The summed E-state index contributed by atoms with van der Waals surface area (Å²) in [5.74, 6) is -0.464. The van der Waals surface area contributed by atoms with Gasteiger partial charge in [-0.25, -0.2) is 4.98 Å². The molecule has 1 aliphatic heterocycles. The van der Waals surface area contributed by atoms with Gasteiger partial charge in [0.1, 0.15) is 5.15 Å². The highest BCUT2D eigenvalue weighted by atomic mass is 35.5. The molecule has 1 aromatic rings. The first kappa shape index (κ1) is 12.6. The van der Waals surface area contributed by atoms with E-state index in [2.05, 4.69) is 10.3 Å². The summed E-state index contributed by atoms with van der Waals surface area (Å²) in [4.78, 5) is 28.9. The van der Waals surface area contributed by atoms with Crippen molar-refractivity contribution in [2.24, 2.45) is 0 Å². The molecule has 1 saturated heterocycles. The van der Waals surface area contributed by atoms with Crippen molar-refractivity contribution < 1.29 is 9.59 Å². The number of nitrogens with zero attached hydrogens (tertiary/aromatic N) is 2. The number of hydrogen-bond acceptors (Lipinski definition) is 4. The van der Waals surface area contributed by atoms with Crippen LogP contribution >= 0.6 is 11.6 Å². The summed E-state index contributed by atoms with van der Waals surface area (Å²) in [5, 5.41) is 2.91. The summed E-state index contributed by atoms with van der Waals surface area (Å²) in [6, 6.07) is 1.42. The molecule has 3 N–H and O–H groups in total. The smallest absolute Gasteiger partial charge is 0.256 e. The quantitative estimate of drug-likeness (QED) is 0.716. The summed E-state index contributed by atoms with van der Waals surface area (Å²) < 4.78 is 0. The van der Waals surface area contributed by atoms with Gasteiger partial charge in [0.25, 0.3) is 5.91 Å². The Bertz CT molecular complexity index is 492. The van der Waals surface area contributed by atoms with Crippen molar-refractivity contribution in [3.8, 4) is 0 Å². The molecule has 0 radical (unpaired) electrons. The van der Waals surface area contributed by atoms with Gasteiger partial charge in [-0.15, -0.1) is 0 Å². The zero-order valence-corrected chi connectivity index (χ0v) is 10.4. The third-order valence-corrected chi connectivity index (χ3v) is 2.89. The van der Waals surface area contributed by atoms with Gasteiger partial charge in [-0.05, 0) is 12.5 Å². The number of rotatable bonds is 1. The lowest BCUT2D eigenvalue weighted by molar-refractivity contribution is -0.121. The van der Waals surface area contributed by atoms with Crippen LogP contribution in [0.25, 0.3) is 0 Å². The number of nitrogen functional groups attached to an aromatic ring is 1. The van der Waals surface area contributed by atoms with Crippen molar-refractivity contribution in [2.45, 2.75) is 6.42 Å². The number of nitrogens with one attached hydrogen (secondary N) is 1. The monoisotopic (exact) mass is 268 g/mol. The average molecular weight is 269 g/mol. The van der Waals surface area contributed by atoms with Crippen molar-refractivity contribution in [3.63, 3.8) is 0 Å². The van der Waals surface area contributed by atoms with E-state index in [0.29, 0.717) is 13.1 Å². The molecule has 96 valence electrons. The Kier molecular flexibility index (Phi) is 3.66. The Morgan fingerprint density at radius 3 is 3.11 bits per heavy atom. The number of amides is 2. The lowest BCUT2D eigenvalue weighted by Crippen LogP contribution is -2.37. The van der Waals surface area contributed by atoms with Crippen LogP contribution in [0.3, 0.4) is 0 Å². The number of nitrogens with two attached hydrogens (primary N) is 1. The van der Waals surface area contributed by atoms with Crippen LogP contribution < -0.4 is 11.1 Å². The predicted octanol–water partition coefficient (Wildman–Crippen LogP) is 0.279. The topological polar surface area (TPSA) is 88.3 Å². The maximum atomic E-state index is 12.3. The Morgan fingerprint density at radius 2 is 2.33 bits per heavy atom. The fourth-order valence-corrected chi connectivity index (χ4v) is 1.93. The Morgan fingerprint density at radius 1 is 1.56 bits per heavy atom. The summed E-state index contributed by atoms with van der Waals surface area (Å²) >= 11 is 5.74. The van der Waals surface area contributed by atoms with Gasteiger partial charge in [0.05, 0.1) is 24.0 Å². The summed E-state index contributed by atoms with van der Waals surface area (Å²) in [6.07, 6.45) is 2.06. The van der Waals surface area contributed by atoms with Crippen LogP contribution in [0.2, 0.25) is 5.15 Å².